The number of hydrogen-bond acceptors (Lipinski definition) is 4. The quantitative estimate of drug-likeness (QED) is 0.835. The SMILES string of the molecule is S=c1[nH]nc(C2CC2)n1Cc1nccs1. The van der Waals surface area contributed by atoms with E-state index in [0.29, 0.717) is 10.7 Å². The Kier molecular flexibility index (Phi) is 2.17. The van der Waals surface area contributed by atoms with Crippen LogP contribution < -0.4 is 0 Å². The molecule has 1 aliphatic carbocycles. The van der Waals surface area contributed by atoms with Crippen molar-refractivity contribution in [2.24, 2.45) is 0 Å². The number of nitrogens with one attached hydrogen (secondary N) is 1. The van der Waals surface area contributed by atoms with E-state index in [-0.39, 0.29) is 0 Å². The van der Waals surface area contributed by atoms with E-state index in [9.17, 15) is 0 Å². The van der Waals surface area contributed by atoms with Crippen molar-refractivity contribution in [3.63, 3.8) is 0 Å². The maximum absolute atomic E-state index is 5.21. The van der Waals surface area contributed by atoms with Gasteiger partial charge in [0.25, 0.3) is 0 Å². The molecule has 0 amide bonds. The van der Waals surface area contributed by atoms with Crippen LogP contribution in [-0.2, 0) is 6.54 Å². The van der Waals surface area contributed by atoms with Gasteiger partial charge in [-0.05, 0) is 25.1 Å². The Balaban J connectivity index is 1.96. The first kappa shape index (κ1) is 9.23. The molecule has 2 heterocycles. The zero-order valence-corrected chi connectivity index (χ0v) is 9.64. The van der Waals surface area contributed by atoms with E-state index in [4.69, 9.17) is 12.2 Å². The zero-order chi connectivity index (χ0) is 10.3. The van der Waals surface area contributed by atoms with Gasteiger partial charge in [-0.3, -0.25) is 9.67 Å². The van der Waals surface area contributed by atoms with Gasteiger partial charge in [-0.15, -0.1) is 11.3 Å². The number of thiazole rings is 1. The van der Waals surface area contributed by atoms with Crippen molar-refractivity contribution in [3.8, 4) is 0 Å². The van der Waals surface area contributed by atoms with Crippen LogP contribution in [0.5, 0.6) is 0 Å². The number of rotatable bonds is 3. The minimum absolute atomic E-state index is 0.609. The highest BCUT2D eigenvalue weighted by atomic mass is 32.1. The lowest BCUT2D eigenvalue weighted by molar-refractivity contribution is 0.715. The van der Waals surface area contributed by atoms with E-state index in [1.807, 2.05) is 11.6 Å². The largest absolute Gasteiger partial charge is 0.297 e. The molecule has 78 valence electrons. The first-order chi connectivity index (χ1) is 7.34. The molecule has 2 aromatic rings. The molecule has 0 unspecified atom stereocenters. The molecule has 6 heteroatoms. The normalized spacial score (nSPS) is 15.7. The van der Waals surface area contributed by atoms with Crippen LogP contribution in [0.1, 0.15) is 29.6 Å². The molecule has 2 aromatic heterocycles. The fourth-order valence-electron chi connectivity index (χ4n) is 1.60. The molecular formula is C9H10N4S2. The fraction of sp³-hybridized carbons (Fsp3) is 0.444. The summed E-state index contributed by atoms with van der Waals surface area (Å²) < 4.78 is 2.76. The first-order valence-corrected chi connectivity index (χ1v) is 6.17. The molecule has 0 aromatic carbocycles. The van der Waals surface area contributed by atoms with Crippen LogP contribution in [0.15, 0.2) is 11.6 Å². The van der Waals surface area contributed by atoms with Crippen molar-refractivity contribution in [1.82, 2.24) is 19.7 Å². The van der Waals surface area contributed by atoms with E-state index < -0.39 is 0 Å². The van der Waals surface area contributed by atoms with Crippen LogP contribution in [0.3, 0.4) is 0 Å². The van der Waals surface area contributed by atoms with Crippen molar-refractivity contribution < 1.29 is 0 Å². The molecule has 15 heavy (non-hydrogen) atoms. The third kappa shape index (κ3) is 1.74. The molecule has 0 aliphatic heterocycles. The van der Waals surface area contributed by atoms with E-state index in [1.54, 1.807) is 11.3 Å². The summed E-state index contributed by atoms with van der Waals surface area (Å²) in [5, 5.41) is 10.2. The summed E-state index contributed by atoms with van der Waals surface area (Å²) in [5.41, 5.74) is 0. The number of H-pyrrole nitrogens is 1. The molecule has 3 rings (SSSR count). The minimum atomic E-state index is 0.609. The fourth-order valence-corrected chi connectivity index (χ4v) is 2.41. The van der Waals surface area contributed by atoms with E-state index in [0.717, 1.165) is 17.4 Å². The lowest BCUT2D eigenvalue weighted by Gasteiger charge is -2.02. The van der Waals surface area contributed by atoms with Crippen molar-refractivity contribution >= 4 is 23.6 Å². The Morgan fingerprint density at radius 3 is 3.13 bits per heavy atom. The van der Waals surface area contributed by atoms with Crippen LogP contribution in [0.4, 0.5) is 0 Å². The topological polar surface area (TPSA) is 46.5 Å². The highest BCUT2D eigenvalue weighted by molar-refractivity contribution is 7.71. The van der Waals surface area contributed by atoms with Gasteiger partial charge in [-0.2, -0.15) is 5.10 Å². The van der Waals surface area contributed by atoms with Gasteiger partial charge in [0.15, 0.2) is 4.77 Å². The molecule has 0 radical (unpaired) electrons. The summed E-state index contributed by atoms with van der Waals surface area (Å²) in [6, 6.07) is 0. The molecule has 0 spiro atoms. The zero-order valence-electron chi connectivity index (χ0n) is 8.01. The number of hydrogen-bond donors (Lipinski definition) is 1. The van der Waals surface area contributed by atoms with Gasteiger partial charge in [0.2, 0.25) is 0 Å². The third-order valence-electron chi connectivity index (χ3n) is 2.51. The maximum Gasteiger partial charge on any atom is 0.195 e. The molecule has 0 bridgehead atoms. The summed E-state index contributed by atoms with van der Waals surface area (Å²) >= 11 is 6.87. The second kappa shape index (κ2) is 3.53. The predicted molar refractivity (Wildman–Crippen MR) is 60.6 cm³/mol. The van der Waals surface area contributed by atoms with Crippen LogP contribution in [0, 0.1) is 4.77 Å². The summed E-state index contributed by atoms with van der Waals surface area (Å²) in [6.45, 7) is 0.749. The molecule has 1 fully saturated rings. The van der Waals surface area contributed by atoms with Crippen molar-refractivity contribution in [2.45, 2.75) is 25.3 Å². The van der Waals surface area contributed by atoms with Crippen molar-refractivity contribution in [3.05, 3.63) is 27.2 Å². The van der Waals surface area contributed by atoms with E-state index in [1.165, 1.54) is 12.8 Å². The van der Waals surface area contributed by atoms with Crippen molar-refractivity contribution in [2.75, 3.05) is 0 Å². The standard InChI is InChI=1S/C9H10N4S2/c14-9-12-11-8(6-1-2-6)13(9)5-7-10-3-4-15-7/h3-4,6H,1-2,5H2,(H,12,14). The number of nitrogens with zero attached hydrogens (tertiary/aromatic N) is 3. The number of aromatic amines is 1. The first-order valence-electron chi connectivity index (χ1n) is 4.88. The Labute approximate surface area is 96.0 Å². The summed E-state index contributed by atoms with van der Waals surface area (Å²) in [6.07, 6.45) is 4.29. The average molecular weight is 238 g/mol. The molecule has 0 atom stereocenters. The van der Waals surface area contributed by atoms with Gasteiger partial charge in [0.05, 0.1) is 6.54 Å². The highest BCUT2D eigenvalue weighted by Crippen LogP contribution is 2.39. The Morgan fingerprint density at radius 2 is 2.47 bits per heavy atom. The molecule has 0 saturated heterocycles. The summed E-state index contributed by atoms with van der Waals surface area (Å²) in [7, 11) is 0. The van der Waals surface area contributed by atoms with E-state index in [2.05, 4.69) is 19.7 Å². The monoisotopic (exact) mass is 238 g/mol. The average Bonchev–Trinajstić information content (AvgIpc) is 2.82. The number of aromatic nitrogens is 4. The second-order valence-corrected chi connectivity index (χ2v) is 5.04. The molecule has 1 aliphatic rings. The van der Waals surface area contributed by atoms with Gasteiger partial charge in [-0.1, -0.05) is 0 Å². The summed E-state index contributed by atoms with van der Waals surface area (Å²) in [4.78, 5) is 4.26. The minimum Gasteiger partial charge on any atom is -0.297 e. The highest BCUT2D eigenvalue weighted by Gasteiger charge is 2.29. The van der Waals surface area contributed by atoms with Gasteiger partial charge < -0.3 is 0 Å². The lowest BCUT2D eigenvalue weighted by Crippen LogP contribution is -2.04. The Bertz CT molecular complexity index is 506. The van der Waals surface area contributed by atoms with Crippen LogP contribution in [0.2, 0.25) is 0 Å². The van der Waals surface area contributed by atoms with Crippen LogP contribution in [0.25, 0.3) is 0 Å². The van der Waals surface area contributed by atoms with Gasteiger partial charge in [-0.25, -0.2) is 4.98 Å². The Hall–Kier alpha value is -1.01. The molecule has 4 nitrogen and oxygen atoms in total. The van der Waals surface area contributed by atoms with Gasteiger partial charge in [0, 0.05) is 17.5 Å². The van der Waals surface area contributed by atoms with Crippen molar-refractivity contribution in [1.29, 1.82) is 0 Å². The molecule has 1 N–H and O–H groups in total. The van der Waals surface area contributed by atoms with E-state index >= 15 is 0 Å². The predicted octanol–water partition coefficient (Wildman–Crippen LogP) is 2.32. The summed E-state index contributed by atoms with van der Waals surface area (Å²) in [5.74, 6) is 1.70. The maximum atomic E-state index is 5.21. The molecule has 1 saturated carbocycles. The Morgan fingerprint density at radius 1 is 1.60 bits per heavy atom. The van der Waals surface area contributed by atoms with Crippen LogP contribution >= 0.6 is 23.6 Å². The van der Waals surface area contributed by atoms with Gasteiger partial charge >= 0.3 is 0 Å². The third-order valence-corrected chi connectivity index (χ3v) is 3.58. The smallest absolute Gasteiger partial charge is 0.195 e. The van der Waals surface area contributed by atoms with Gasteiger partial charge in [0.1, 0.15) is 10.8 Å². The van der Waals surface area contributed by atoms with Crippen LogP contribution in [-0.4, -0.2) is 19.7 Å². The molecular weight excluding hydrogens is 228 g/mol. The lowest BCUT2D eigenvalue weighted by atomic mass is 10.4. The second-order valence-electron chi connectivity index (χ2n) is 3.67.